The van der Waals surface area contributed by atoms with Crippen LogP contribution in [0.4, 0.5) is 5.69 Å². The van der Waals surface area contributed by atoms with Crippen LogP contribution in [0.15, 0.2) is 48.7 Å². The minimum Gasteiger partial charge on any atom is -0.454 e. The number of carbonyl (C=O) groups excluding carboxylic acids is 1. The Bertz CT molecular complexity index is 968. The topological polar surface area (TPSA) is 98.5 Å². The Labute approximate surface area is 155 Å². The maximum Gasteiger partial charge on any atom is 0.277 e. The van der Waals surface area contributed by atoms with Gasteiger partial charge in [0.25, 0.3) is 5.91 Å². The van der Waals surface area contributed by atoms with Gasteiger partial charge >= 0.3 is 0 Å². The lowest BCUT2D eigenvalue weighted by molar-refractivity contribution is 0.102. The van der Waals surface area contributed by atoms with Gasteiger partial charge in [-0.2, -0.15) is 0 Å². The molecule has 0 fully saturated rings. The van der Waals surface area contributed by atoms with Crippen LogP contribution in [0.5, 0.6) is 11.5 Å². The highest BCUT2D eigenvalue weighted by molar-refractivity contribution is 6.02. The molecular weight excluding hydrogens is 348 g/mol. The molecule has 1 atom stereocenters. The van der Waals surface area contributed by atoms with E-state index in [-0.39, 0.29) is 24.9 Å². The summed E-state index contributed by atoms with van der Waals surface area (Å²) in [5, 5.41) is 21.0. The number of ether oxygens (including phenoxy) is 2. The molecule has 0 bridgehead atoms. The Kier molecular flexibility index (Phi) is 4.47. The molecule has 0 spiro atoms. The van der Waals surface area contributed by atoms with Crippen LogP contribution in [0.1, 0.15) is 27.7 Å². The van der Waals surface area contributed by atoms with Crippen molar-refractivity contribution in [3.63, 3.8) is 0 Å². The van der Waals surface area contributed by atoms with Gasteiger partial charge in [0, 0.05) is 5.69 Å². The van der Waals surface area contributed by atoms with Crippen LogP contribution in [0.3, 0.4) is 0 Å². The molecule has 2 N–H and O–H groups in total. The maximum absolute atomic E-state index is 12.3. The molecule has 4 rings (SSSR count). The molecule has 27 heavy (non-hydrogen) atoms. The second-order valence-corrected chi connectivity index (χ2v) is 6.27. The normalized spacial score (nSPS) is 13.4. The van der Waals surface area contributed by atoms with Crippen molar-refractivity contribution in [3.05, 3.63) is 65.5 Å². The van der Waals surface area contributed by atoms with Gasteiger partial charge in [-0.25, -0.2) is 4.68 Å². The van der Waals surface area contributed by atoms with E-state index in [1.54, 1.807) is 18.2 Å². The van der Waals surface area contributed by atoms with Gasteiger partial charge in [-0.05, 0) is 36.8 Å². The fourth-order valence-electron chi connectivity index (χ4n) is 2.73. The van der Waals surface area contributed by atoms with E-state index in [1.165, 1.54) is 10.9 Å². The predicted octanol–water partition coefficient (Wildman–Crippen LogP) is 2.30. The summed E-state index contributed by atoms with van der Waals surface area (Å²) in [6.45, 7) is 2.31. The van der Waals surface area contributed by atoms with Crippen molar-refractivity contribution in [1.82, 2.24) is 15.0 Å². The first-order chi connectivity index (χ1) is 13.1. The Morgan fingerprint density at radius 3 is 2.81 bits per heavy atom. The van der Waals surface area contributed by atoms with Crippen LogP contribution >= 0.6 is 0 Å². The van der Waals surface area contributed by atoms with E-state index in [4.69, 9.17) is 9.47 Å². The third-order valence-electron chi connectivity index (χ3n) is 4.22. The number of carbonyl (C=O) groups is 1. The Morgan fingerprint density at radius 2 is 2.00 bits per heavy atom. The lowest BCUT2D eigenvalue weighted by Gasteiger charge is -2.11. The molecule has 0 saturated heterocycles. The SMILES string of the molecule is Cc1ccc(NC(=O)c2cn(CC(O)c3ccc4c(c3)OCO4)nn2)cc1. The molecule has 0 saturated carbocycles. The van der Waals surface area contributed by atoms with Gasteiger partial charge in [0.2, 0.25) is 6.79 Å². The Balaban J connectivity index is 1.41. The fraction of sp³-hybridized carbons (Fsp3) is 0.211. The molecule has 1 aromatic heterocycles. The second kappa shape index (κ2) is 7.08. The molecule has 8 heteroatoms. The average Bonchev–Trinajstić information content (AvgIpc) is 3.32. The number of nitrogens with one attached hydrogen (secondary N) is 1. The number of hydrogen-bond acceptors (Lipinski definition) is 6. The monoisotopic (exact) mass is 366 g/mol. The molecule has 1 aliphatic rings. The molecule has 0 radical (unpaired) electrons. The molecule has 1 unspecified atom stereocenters. The van der Waals surface area contributed by atoms with E-state index in [0.29, 0.717) is 22.7 Å². The van der Waals surface area contributed by atoms with E-state index in [9.17, 15) is 9.90 Å². The summed E-state index contributed by atoms with van der Waals surface area (Å²) in [6, 6.07) is 12.7. The van der Waals surface area contributed by atoms with E-state index >= 15 is 0 Å². The number of aliphatic hydroxyl groups excluding tert-OH is 1. The second-order valence-electron chi connectivity index (χ2n) is 6.27. The highest BCUT2D eigenvalue weighted by Crippen LogP contribution is 2.34. The van der Waals surface area contributed by atoms with Gasteiger partial charge in [0.05, 0.1) is 18.8 Å². The molecule has 138 valence electrons. The summed E-state index contributed by atoms with van der Waals surface area (Å²) in [4.78, 5) is 12.3. The van der Waals surface area contributed by atoms with Crippen LogP contribution in [0, 0.1) is 6.92 Å². The average molecular weight is 366 g/mol. The number of fused-ring (bicyclic) bond motifs is 1. The number of hydrogen-bond donors (Lipinski definition) is 2. The van der Waals surface area contributed by atoms with Crippen molar-refractivity contribution < 1.29 is 19.4 Å². The maximum atomic E-state index is 12.3. The summed E-state index contributed by atoms with van der Waals surface area (Å²) in [6.07, 6.45) is 0.675. The zero-order valence-electron chi connectivity index (χ0n) is 14.6. The fourth-order valence-corrected chi connectivity index (χ4v) is 2.73. The van der Waals surface area contributed by atoms with Crippen molar-refractivity contribution in [2.45, 2.75) is 19.6 Å². The van der Waals surface area contributed by atoms with Crippen LogP contribution in [0.25, 0.3) is 0 Å². The number of aromatic nitrogens is 3. The molecule has 1 aliphatic heterocycles. The first-order valence-electron chi connectivity index (χ1n) is 8.44. The number of benzene rings is 2. The van der Waals surface area contributed by atoms with Crippen molar-refractivity contribution in [2.24, 2.45) is 0 Å². The smallest absolute Gasteiger partial charge is 0.277 e. The summed E-state index contributed by atoms with van der Waals surface area (Å²) in [5.74, 6) is 0.896. The van der Waals surface area contributed by atoms with Crippen molar-refractivity contribution in [1.29, 1.82) is 0 Å². The third-order valence-corrected chi connectivity index (χ3v) is 4.22. The number of aryl methyl sites for hydroxylation is 1. The van der Waals surface area contributed by atoms with Crippen molar-refractivity contribution >= 4 is 11.6 Å². The van der Waals surface area contributed by atoms with Crippen molar-refractivity contribution in [3.8, 4) is 11.5 Å². The highest BCUT2D eigenvalue weighted by atomic mass is 16.7. The van der Waals surface area contributed by atoms with E-state index in [2.05, 4.69) is 15.6 Å². The first-order valence-corrected chi connectivity index (χ1v) is 8.44. The summed E-state index contributed by atoms with van der Waals surface area (Å²) in [5.41, 5.74) is 2.63. The number of nitrogens with zero attached hydrogens (tertiary/aromatic N) is 3. The van der Waals surface area contributed by atoms with Gasteiger partial charge in [-0.3, -0.25) is 4.79 Å². The van der Waals surface area contributed by atoms with Gasteiger partial charge in [-0.15, -0.1) is 5.10 Å². The summed E-state index contributed by atoms with van der Waals surface area (Å²) >= 11 is 0. The van der Waals surface area contributed by atoms with E-state index in [0.717, 1.165) is 5.56 Å². The zero-order chi connectivity index (χ0) is 18.8. The standard InChI is InChI=1S/C19H18N4O4/c1-12-2-5-14(6-3-12)20-19(25)15-9-23(22-21-15)10-16(24)13-4-7-17-18(8-13)27-11-26-17/h2-9,16,24H,10-11H2,1H3,(H,20,25). The van der Waals surface area contributed by atoms with E-state index < -0.39 is 6.10 Å². The van der Waals surface area contributed by atoms with Gasteiger partial charge in [-0.1, -0.05) is 29.0 Å². The molecule has 0 aliphatic carbocycles. The number of amides is 1. The molecule has 1 amide bonds. The minimum absolute atomic E-state index is 0.157. The lowest BCUT2D eigenvalue weighted by Crippen LogP contribution is -2.12. The molecule has 8 nitrogen and oxygen atoms in total. The highest BCUT2D eigenvalue weighted by Gasteiger charge is 2.18. The number of anilines is 1. The van der Waals surface area contributed by atoms with E-state index in [1.807, 2.05) is 31.2 Å². The summed E-state index contributed by atoms with van der Waals surface area (Å²) in [7, 11) is 0. The molecule has 3 aromatic rings. The minimum atomic E-state index is -0.825. The first kappa shape index (κ1) is 17.0. The molecule has 2 aromatic carbocycles. The van der Waals surface area contributed by atoms with Gasteiger partial charge in [0.15, 0.2) is 17.2 Å². The molecular formula is C19H18N4O4. The Hall–Kier alpha value is -3.39. The van der Waals surface area contributed by atoms with Crippen LogP contribution in [-0.4, -0.2) is 32.8 Å². The zero-order valence-corrected chi connectivity index (χ0v) is 14.6. The van der Waals surface area contributed by atoms with Crippen LogP contribution in [0.2, 0.25) is 0 Å². The van der Waals surface area contributed by atoms with Gasteiger partial charge < -0.3 is 19.9 Å². The summed E-state index contributed by atoms with van der Waals surface area (Å²) < 4.78 is 12.0. The van der Waals surface area contributed by atoms with Gasteiger partial charge in [0.1, 0.15) is 0 Å². The lowest BCUT2D eigenvalue weighted by atomic mass is 10.1. The number of rotatable bonds is 5. The largest absolute Gasteiger partial charge is 0.454 e. The van der Waals surface area contributed by atoms with Crippen LogP contribution in [-0.2, 0) is 6.54 Å². The quantitative estimate of drug-likeness (QED) is 0.719. The van der Waals surface area contributed by atoms with Crippen LogP contribution < -0.4 is 14.8 Å². The third kappa shape index (κ3) is 3.75. The predicted molar refractivity (Wildman–Crippen MR) is 96.7 cm³/mol. The number of aliphatic hydroxyl groups is 1. The Morgan fingerprint density at radius 1 is 1.22 bits per heavy atom. The molecule has 2 heterocycles. The van der Waals surface area contributed by atoms with Crippen molar-refractivity contribution in [2.75, 3.05) is 12.1 Å².